The molecule has 1 aromatic rings. The number of ketones is 1. The molecule has 0 radical (unpaired) electrons. The Bertz CT molecular complexity index is 949. The number of Topliss-reactive ketones (excluding diaryl/α,β-unsaturated/α-hetero) is 1. The number of aliphatic hydroxyl groups excluding tert-OH is 1. The van der Waals surface area contributed by atoms with Crippen molar-refractivity contribution in [3.63, 3.8) is 0 Å². The van der Waals surface area contributed by atoms with E-state index in [4.69, 9.17) is 0 Å². The van der Waals surface area contributed by atoms with Gasteiger partial charge in [-0.05, 0) is 75.9 Å². The van der Waals surface area contributed by atoms with Gasteiger partial charge >= 0.3 is 0 Å². The smallest absolute Gasteiger partial charge is 0.157 e. The zero-order valence-corrected chi connectivity index (χ0v) is 17.7. The Morgan fingerprint density at radius 1 is 1.21 bits per heavy atom. The van der Waals surface area contributed by atoms with Gasteiger partial charge in [0.25, 0.3) is 0 Å². The lowest BCUT2D eigenvalue weighted by Crippen LogP contribution is -2.17. The fourth-order valence-corrected chi connectivity index (χ4v) is 3.37. The van der Waals surface area contributed by atoms with Crippen LogP contribution in [0.1, 0.15) is 57.2 Å². The quantitative estimate of drug-likeness (QED) is 0.341. The van der Waals surface area contributed by atoms with Crippen LogP contribution in [0.15, 0.2) is 77.1 Å². The molecule has 1 N–H and O–H groups in total. The molecule has 1 unspecified atom stereocenters. The second-order valence-electron chi connectivity index (χ2n) is 6.93. The predicted octanol–water partition coefficient (Wildman–Crippen LogP) is 6.40. The number of aliphatic hydroxyl groups is 1. The van der Waals surface area contributed by atoms with Crippen molar-refractivity contribution in [3.8, 4) is 6.07 Å². The zero-order valence-electron chi connectivity index (χ0n) is 17.7. The highest BCUT2D eigenvalue weighted by Gasteiger charge is 2.30. The topological polar surface area (TPSA) is 61.1 Å². The first kappa shape index (κ1) is 22.9. The van der Waals surface area contributed by atoms with Gasteiger partial charge in [0, 0.05) is 17.1 Å². The van der Waals surface area contributed by atoms with Crippen molar-refractivity contribution in [3.05, 3.63) is 93.8 Å². The van der Waals surface area contributed by atoms with Gasteiger partial charge in [-0.2, -0.15) is 5.26 Å². The summed E-state index contributed by atoms with van der Waals surface area (Å²) < 4.78 is 0. The molecule has 3 heteroatoms. The van der Waals surface area contributed by atoms with Crippen LogP contribution in [-0.4, -0.2) is 10.9 Å². The first-order chi connectivity index (χ1) is 13.1. The number of nitrogens with zero attached hydrogens (tertiary/aromatic N) is 1. The van der Waals surface area contributed by atoms with E-state index in [1.807, 2.05) is 46.8 Å². The van der Waals surface area contributed by atoms with Crippen LogP contribution >= 0.6 is 0 Å². The van der Waals surface area contributed by atoms with Crippen molar-refractivity contribution in [2.24, 2.45) is 0 Å². The van der Waals surface area contributed by atoms with Crippen LogP contribution in [0.25, 0.3) is 0 Å². The molecule has 0 aliphatic rings. The van der Waals surface area contributed by atoms with Crippen molar-refractivity contribution in [2.45, 2.75) is 47.5 Å². The largest absolute Gasteiger partial charge is 0.508 e. The zero-order chi connectivity index (χ0) is 21.6. The highest BCUT2D eigenvalue weighted by atomic mass is 16.3. The van der Waals surface area contributed by atoms with Crippen molar-refractivity contribution in [1.82, 2.24) is 0 Å². The van der Waals surface area contributed by atoms with Crippen molar-refractivity contribution >= 4 is 5.78 Å². The minimum Gasteiger partial charge on any atom is -0.508 e. The number of allylic oxidation sites excluding steroid dienone is 7. The Morgan fingerprint density at radius 3 is 2.21 bits per heavy atom. The van der Waals surface area contributed by atoms with E-state index in [9.17, 15) is 15.2 Å². The maximum absolute atomic E-state index is 12.7. The Kier molecular flexibility index (Phi) is 7.95. The van der Waals surface area contributed by atoms with E-state index in [0.717, 1.165) is 27.8 Å². The maximum atomic E-state index is 12.7. The third kappa shape index (κ3) is 4.78. The number of benzene rings is 1. The van der Waals surface area contributed by atoms with E-state index < -0.39 is 5.92 Å². The molecule has 1 rings (SSSR count). The minimum absolute atomic E-state index is 0.0805. The van der Waals surface area contributed by atoms with Crippen LogP contribution in [-0.2, 0) is 4.79 Å². The number of hydrogen-bond acceptors (Lipinski definition) is 3. The van der Waals surface area contributed by atoms with Gasteiger partial charge in [0.05, 0.1) is 11.6 Å². The lowest BCUT2D eigenvalue weighted by Gasteiger charge is -2.27. The first-order valence-corrected chi connectivity index (χ1v) is 9.17. The Hall–Kier alpha value is -3.12. The molecule has 0 saturated carbocycles. The Morgan fingerprint density at radius 2 is 1.82 bits per heavy atom. The first-order valence-electron chi connectivity index (χ1n) is 9.17. The van der Waals surface area contributed by atoms with Crippen LogP contribution in [0.2, 0.25) is 0 Å². The second-order valence-corrected chi connectivity index (χ2v) is 6.93. The standard InChI is InChI=1S/C25H29NO2/c1-9-15(3)18(6)24(20(8)28)25(23(19(7)27)16(4)10-2)22-12-11-21(14-26)13-17(22)5/h9-13,25,28H,2,8H2,1,3-7H3/b15-9-,23-16-,24-18+. The number of carbonyl (C=O) groups excluding carboxylic acids is 1. The van der Waals surface area contributed by atoms with Crippen LogP contribution in [0.3, 0.4) is 0 Å². The average Bonchev–Trinajstić information content (AvgIpc) is 2.65. The molecule has 0 amide bonds. The molecule has 146 valence electrons. The molecule has 0 bridgehead atoms. The van der Waals surface area contributed by atoms with Gasteiger partial charge in [-0.25, -0.2) is 0 Å². The fourth-order valence-electron chi connectivity index (χ4n) is 3.37. The van der Waals surface area contributed by atoms with E-state index in [0.29, 0.717) is 16.7 Å². The molecular formula is C25H29NO2. The summed E-state index contributed by atoms with van der Waals surface area (Å²) in [4.78, 5) is 12.7. The Balaban J connectivity index is 4.10. The SMILES string of the molecule is C=C/C(C)=C(/C(C)=O)C(/C(C(=C)O)=C(C)/C(C)=C\C)c1ccc(C#N)cc1C. The Labute approximate surface area is 168 Å². The van der Waals surface area contributed by atoms with Crippen LogP contribution in [0.5, 0.6) is 0 Å². The van der Waals surface area contributed by atoms with Crippen LogP contribution in [0, 0.1) is 18.3 Å². The summed E-state index contributed by atoms with van der Waals surface area (Å²) in [5.41, 5.74) is 5.99. The number of hydrogen-bond donors (Lipinski definition) is 1. The van der Waals surface area contributed by atoms with Gasteiger partial charge in [-0.1, -0.05) is 36.9 Å². The summed E-state index contributed by atoms with van der Waals surface area (Å²) in [6.45, 7) is 18.7. The molecule has 28 heavy (non-hydrogen) atoms. The lowest BCUT2D eigenvalue weighted by atomic mass is 9.76. The van der Waals surface area contributed by atoms with Gasteiger partial charge in [0.2, 0.25) is 0 Å². The number of nitriles is 1. The minimum atomic E-state index is -0.518. The van der Waals surface area contributed by atoms with E-state index in [-0.39, 0.29) is 11.5 Å². The average molecular weight is 376 g/mol. The van der Waals surface area contributed by atoms with E-state index in [1.54, 1.807) is 18.2 Å². The summed E-state index contributed by atoms with van der Waals surface area (Å²) in [6.07, 6.45) is 3.61. The van der Waals surface area contributed by atoms with E-state index in [1.165, 1.54) is 6.92 Å². The molecule has 0 saturated heterocycles. The number of aryl methyl sites for hydroxylation is 1. The van der Waals surface area contributed by atoms with E-state index >= 15 is 0 Å². The van der Waals surface area contributed by atoms with Crippen LogP contribution < -0.4 is 0 Å². The second kappa shape index (κ2) is 9.71. The fraction of sp³-hybridized carbons (Fsp3) is 0.280. The van der Waals surface area contributed by atoms with Crippen molar-refractivity contribution in [1.29, 1.82) is 5.26 Å². The normalized spacial score (nSPS) is 14.4. The van der Waals surface area contributed by atoms with Gasteiger partial charge in [-0.3, -0.25) is 4.79 Å². The summed E-state index contributed by atoms with van der Waals surface area (Å²) in [5, 5.41) is 19.8. The molecule has 0 heterocycles. The van der Waals surface area contributed by atoms with Gasteiger partial charge in [-0.15, -0.1) is 0 Å². The molecule has 0 fully saturated rings. The summed E-state index contributed by atoms with van der Waals surface area (Å²) in [5.74, 6) is -0.699. The molecular weight excluding hydrogens is 346 g/mol. The van der Waals surface area contributed by atoms with E-state index in [2.05, 4.69) is 19.2 Å². The molecule has 0 aliphatic carbocycles. The third-order valence-corrected chi connectivity index (χ3v) is 5.14. The van der Waals surface area contributed by atoms with Gasteiger partial charge < -0.3 is 5.11 Å². The van der Waals surface area contributed by atoms with Crippen LogP contribution in [0.4, 0.5) is 0 Å². The molecule has 1 aromatic carbocycles. The molecule has 1 atom stereocenters. The molecule has 0 aliphatic heterocycles. The summed E-state index contributed by atoms with van der Waals surface area (Å²) in [6, 6.07) is 7.50. The number of rotatable bonds is 7. The summed E-state index contributed by atoms with van der Waals surface area (Å²) >= 11 is 0. The third-order valence-electron chi connectivity index (χ3n) is 5.14. The van der Waals surface area contributed by atoms with Gasteiger partial charge in [0.1, 0.15) is 5.76 Å². The molecule has 0 aromatic heterocycles. The van der Waals surface area contributed by atoms with Crippen molar-refractivity contribution < 1.29 is 9.90 Å². The van der Waals surface area contributed by atoms with Crippen molar-refractivity contribution in [2.75, 3.05) is 0 Å². The highest BCUT2D eigenvalue weighted by molar-refractivity contribution is 5.97. The van der Waals surface area contributed by atoms with Gasteiger partial charge in [0.15, 0.2) is 5.78 Å². The molecule has 0 spiro atoms. The maximum Gasteiger partial charge on any atom is 0.157 e. The highest BCUT2D eigenvalue weighted by Crippen LogP contribution is 2.41. The molecule has 3 nitrogen and oxygen atoms in total. The monoisotopic (exact) mass is 375 g/mol. The summed E-state index contributed by atoms with van der Waals surface area (Å²) in [7, 11) is 0. The predicted molar refractivity (Wildman–Crippen MR) is 116 cm³/mol. The lowest BCUT2D eigenvalue weighted by molar-refractivity contribution is -0.113. The number of carbonyl (C=O) groups is 1.